The maximum Gasteiger partial charge on any atom is 0.140 e. The van der Waals surface area contributed by atoms with Crippen molar-refractivity contribution in [2.24, 2.45) is 5.73 Å². The molecule has 1 aromatic heterocycles. The third-order valence-corrected chi connectivity index (χ3v) is 4.11. The Balaban J connectivity index is 2.11. The number of hydrogen-bond acceptors (Lipinski definition) is 3. The van der Waals surface area contributed by atoms with Crippen LogP contribution in [0.1, 0.15) is 5.56 Å². The fraction of sp³-hybridized carbons (Fsp3) is 0. The first-order valence-electron chi connectivity index (χ1n) is 6.36. The molecule has 3 nitrogen and oxygen atoms in total. The third-order valence-electron chi connectivity index (χ3n) is 3.20. The molecule has 0 amide bonds. The van der Waals surface area contributed by atoms with E-state index in [0.29, 0.717) is 10.8 Å². The molecule has 5 heteroatoms. The average molecular weight is 358 g/mol. The van der Waals surface area contributed by atoms with Crippen molar-refractivity contribution in [1.29, 1.82) is 0 Å². The second-order valence-electron chi connectivity index (χ2n) is 4.53. The van der Waals surface area contributed by atoms with Crippen LogP contribution >= 0.6 is 28.1 Å². The Morgan fingerprint density at radius 1 is 1.05 bits per heavy atom. The Morgan fingerprint density at radius 2 is 1.81 bits per heavy atom. The van der Waals surface area contributed by atoms with Gasteiger partial charge in [-0.1, -0.05) is 52.4 Å². The molecule has 104 valence electrons. The number of nitrogens with one attached hydrogen (secondary N) is 1. The molecule has 2 aromatic carbocycles. The SMILES string of the molecule is NC(=S)c1cccnc1Nc1ccc(Br)c2ccccc12. The number of anilines is 2. The lowest BCUT2D eigenvalue weighted by Gasteiger charge is -2.13. The van der Waals surface area contributed by atoms with Gasteiger partial charge < -0.3 is 11.1 Å². The van der Waals surface area contributed by atoms with Crippen LogP contribution in [0.3, 0.4) is 0 Å². The van der Waals surface area contributed by atoms with Crippen molar-refractivity contribution < 1.29 is 0 Å². The van der Waals surface area contributed by atoms with Gasteiger partial charge in [-0.2, -0.15) is 0 Å². The lowest BCUT2D eigenvalue weighted by atomic mass is 10.1. The predicted molar refractivity (Wildman–Crippen MR) is 95.1 cm³/mol. The van der Waals surface area contributed by atoms with Gasteiger partial charge in [0.2, 0.25) is 0 Å². The number of hydrogen-bond donors (Lipinski definition) is 2. The summed E-state index contributed by atoms with van der Waals surface area (Å²) in [6.07, 6.45) is 1.71. The zero-order chi connectivity index (χ0) is 14.8. The standard InChI is InChI=1S/C16H12BrN3S/c17-13-7-8-14(11-5-2-1-4-10(11)13)20-16-12(15(18)21)6-3-9-19-16/h1-9H,(H2,18,21)(H,19,20). The smallest absolute Gasteiger partial charge is 0.140 e. The topological polar surface area (TPSA) is 50.9 Å². The fourth-order valence-electron chi connectivity index (χ4n) is 2.20. The van der Waals surface area contributed by atoms with Crippen LogP contribution in [0, 0.1) is 0 Å². The van der Waals surface area contributed by atoms with E-state index in [0.717, 1.165) is 26.5 Å². The highest BCUT2D eigenvalue weighted by atomic mass is 79.9. The highest BCUT2D eigenvalue weighted by Gasteiger charge is 2.09. The molecule has 0 bridgehead atoms. The van der Waals surface area contributed by atoms with Crippen molar-refractivity contribution >= 4 is 55.4 Å². The molecule has 0 fully saturated rings. The molecule has 0 saturated heterocycles. The van der Waals surface area contributed by atoms with E-state index >= 15 is 0 Å². The molecule has 3 aromatic rings. The van der Waals surface area contributed by atoms with Gasteiger partial charge in [0.1, 0.15) is 10.8 Å². The molecular weight excluding hydrogens is 346 g/mol. The van der Waals surface area contributed by atoms with Gasteiger partial charge in [-0.15, -0.1) is 0 Å². The number of pyridine rings is 1. The van der Waals surface area contributed by atoms with Gasteiger partial charge in [0.05, 0.1) is 5.56 Å². The molecule has 1 heterocycles. The highest BCUT2D eigenvalue weighted by molar-refractivity contribution is 9.10. The molecule has 3 rings (SSSR count). The summed E-state index contributed by atoms with van der Waals surface area (Å²) >= 11 is 8.64. The van der Waals surface area contributed by atoms with E-state index in [2.05, 4.69) is 38.4 Å². The lowest BCUT2D eigenvalue weighted by molar-refractivity contribution is 1.30. The summed E-state index contributed by atoms with van der Waals surface area (Å²) in [4.78, 5) is 4.66. The molecule has 0 aliphatic rings. The first-order valence-corrected chi connectivity index (χ1v) is 7.56. The number of nitrogens with zero attached hydrogens (tertiary/aromatic N) is 1. The van der Waals surface area contributed by atoms with Crippen LogP contribution in [0.2, 0.25) is 0 Å². The zero-order valence-corrected chi connectivity index (χ0v) is 13.4. The molecule has 0 saturated carbocycles. The largest absolute Gasteiger partial charge is 0.389 e. The van der Waals surface area contributed by atoms with Gasteiger partial charge in [-0.25, -0.2) is 4.98 Å². The number of nitrogens with two attached hydrogens (primary N) is 1. The minimum absolute atomic E-state index is 0.326. The Hall–Kier alpha value is -1.98. The normalized spacial score (nSPS) is 10.5. The molecule has 0 radical (unpaired) electrons. The van der Waals surface area contributed by atoms with Crippen LogP contribution in [-0.2, 0) is 0 Å². The molecule has 21 heavy (non-hydrogen) atoms. The molecular formula is C16H12BrN3S. The lowest BCUT2D eigenvalue weighted by Crippen LogP contribution is -2.12. The molecule has 0 aliphatic carbocycles. The van der Waals surface area contributed by atoms with Crippen molar-refractivity contribution in [3.63, 3.8) is 0 Å². The average Bonchev–Trinajstić information content (AvgIpc) is 2.51. The van der Waals surface area contributed by atoms with E-state index in [9.17, 15) is 0 Å². The second kappa shape index (κ2) is 5.79. The van der Waals surface area contributed by atoms with Crippen molar-refractivity contribution in [3.05, 3.63) is 64.8 Å². The zero-order valence-electron chi connectivity index (χ0n) is 11.0. The van der Waals surface area contributed by atoms with Crippen molar-refractivity contribution in [3.8, 4) is 0 Å². The Kier molecular flexibility index (Phi) is 3.86. The van der Waals surface area contributed by atoms with E-state index in [1.165, 1.54) is 0 Å². The molecule has 3 N–H and O–H groups in total. The molecule has 0 atom stereocenters. The van der Waals surface area contributed by atoms with E-state index in [-0.39, 0.29) is 0 Å². The first-order chi connectivity index (χ1) is 10.2. The van der Waals surface area contributed by atoms with Crippen LogP contribution in [0.15, 0.2) is 59.2 Å². The first kappa shape index (κ1) is 14.0. The summed E-state index contributed by atoms with van der Waals surface area (Å²) in [5.74, 6) is 0.664. The maximum absolute atomic E-state index is 5.75. The summed E-state index contributed by atoms with van der Waals surface area (Å²) < 4.78 is 1.05. The Labute approximate surface area is 136 Å². The van der Waals surface area contributed by atoms with Crippen LogP contribution in [0.4, 0.5) is 11.5 Å². The van der Waals surface area contributed by atoms with E-state index in [1.807, 2.05) is 36.4 Å². The van der Waals surface area contributed by atoms with Gasteiger partial charge in [0, 0.05) is 21.7 Å². The van der Waals surface area contributed by atoms with Gasteiger partial charge in [-0.3, -0.25) is 0 Å². The van der Waals surface area contributed by atoms with Gasteiger partial charge in [-0.05, 0) is 29.7 Å². The quantitative estimate of drug-likeness (QED) is 0.683. The van der Waals surface area contributed by atoms with E-state index in [1.54, 1.807) is 6.20 Å². The molecule has 0 unspecified atom stereocenters. The van der Waals surface area contributed by atoms with Crippen LogP contribution < -0.4 is 11.1 Å². The summed E-state index contributed by atoms with van der Waals surface area (Å²) in [6.45, 7) is 0. The second-order valence-corrected chi connectivity index (χ2v) is 5.82. The molecule has 0 aliphatic heterocycles. The number of fused-ring (bicyclic) bond motifs is 1. The highest BCUT2D eigenvalue weighted by Crippen LogP contribution is 2.31. The minimum Gasteiger partial charge on any atom is -0.389 e. The third kappa shape index (κ3) is 2.75. The van der Waals surface area contributed by atoms with Crippen LogP contribution in [0.25, 0.3) is 10.8 Å². The monoisotopic (exact) mass is 357 g/mol. The van der Waals surface area contributed by atoms with Gasteiger partial charge >= 0.3 is 0 Å². The Bertz CT molecular complexity index is 833. The summed E-state index contributed by atoms with van der Waals surface area (Å²) in [5, 5.41) is 5.56. The minimum atomic E-state index is 0.326. The number of halogens is 1. The number of aromatic nitrogens is 1. The van der Waals surface area contributed by atoms with Gasteiger partial charge in [0.25, 0.3) is 0 Å². The van der Waals surface area contributed by atoms with Crippen LogP contribution in [-0.4, -0.2) is 9.97 Å². The number of benzene rings is 2. The van der Waals surface area contributed by atoms with Crippen molar-refractivity contribution in [2.75, 3.05) is 5.32 Å². The summed E-state index contributed by atoms with van der Waals surface area (Å²) in [6, 6.07) is 15.8. The maximum atomic E-state index is 5.75. The van der Waals surface area contributed by atoms with Crippen LogP contribution in [0.5, 0.6) is 0 Å². The summed E-state index contributed by atoms with van der Waals surface area (Å²) in [7, 11) is 0. The number of thiocarbonyl (C=S) groups is 1. The van der Waals surface area contributed by atoms with Gasteiger partial charge in [0.15, 0.2) is 0 Å². The van der Waals surface area contributed by atoms with E-state index < -0.39 is 0 Å². The van der Waals surface area contributed by atoms with E-state index in [4.69, 9.17) is 18.0 Å². The van der Waals surface area contributed by atoms with Crippen molar-refractivity contribution in [1.82, 2.24) is 4.98 Å². The summed E-state index contributed by atoms with van der Waals surface area (Å²) in [5.41, 5.74) is 7.45. The molecule has 0 spiro atoms. The number of rotatable bonds is 3. The fourth-order valence-corrected chi connectivity index (χ4v) is 2.85. The van der Waals surface area contributed by atoms with Crippen molar-refractivity contribution in [2.45, 2.75) is 0 Å². The predicted octanol–water partition coefficient (Wildman–Crippen LogP) is 4.38. The Morgan fingerprint density at radius 3 is 2.57 bits per heavy atom.